The zero-order valence-electron chi connectivity index (χ0n) is 14.5. The number of esters is 1. The van der Waals surface area contributed by atoms with E-state index >= 15 is 0 Å². The number of hydrogen-bond acceptors (Lipinski definition) is 4. The van der Waals surface area contributed by atoms with Gasteiger partial charge in [-0.05, 0) is 41.0 Å². The molecule has 0 unspecified atom stereocenters. The minimum absolute atomic E-state index is 0.297. The summed E-state index contributed by atoms with van der Waals surface area (Å²) in [6, 6.07) is 20.9. The van der Waals surface area contributed by atoms with Crippen molar-refractivity contribution in [3.63, 3.8) is 0 Å². The lowest BCUT2D eigenvalue weighted by Crippen LogP contribution is -2.08. The van der Waals surface area contributed by atoms with E-state index in [1.54, 1.807) is 11.3 Å². The van der Waals surface area contributed by atoms with Crippen LogP contribution < -0.4 is 5.73 Å². The normalized spacial score (nSPS) is 11.2. The van der Waals surface area contributed by atoms with Crippen LogP contribution in [-0.2, 0) is 11.3 Å². The van der Waals surface area contributed by atoms with Gasteiger partial charge in [0.05, 0.1) is 12.2 Å². The zero-order chi connectivity index (χ0) is 18.1. The lowest BCUT2D eigenvalue weighted by atomic mass is 9.97. The van der Waals surface area contributed by atoms with Gasteiger partial charge in [0.25, 0.3) is 0 Å². The van der Waals surface area contributed by atoms with Gasteiger partial charge in [0.2, 0.25) is 0 Å². The third-order valence-electron chi connectivity index (χ3n) is 4.53. The highest BCUT2D eigenvalue weighted by atomic mass is 32.1. The van der Waals surface area contributed by atoms with Crippen LogP contribution in [0.4, 0.5) is 0 Å². The summed E-state index contributed by atoms with van der Waals surface area (Å²) in [6.07, 6.45) is 0. The van der Waals surface area contributed by atoms with Crippen LogP contribution in [0, 0.1) is 0 Å². The van der Waals surface area contributed by atoms with Gasteiger partial charge in [0.15, 0.2) is 0 Å². The highest BCUT2D eigenvalue weighted by molar-refractivity contribution is 7.19. The molecule has 0 radical (unpaired) electrons. The van der Waals surface area contributed by atoms with Crippen molar-refractivity contribution >= 4 is 38.2 Å². The molecule has 0 aliphatic rings. The Hall–Kier alpha value is -2.69. The number of carbonyl (C=O) groups excluding carboxylic acids is 1. The van der Waals surface area contributed by atoms with E-state index in [0.29, 0.717) is 18.7 Å². The lowest BCUT2D eigenvalue weighted by Gasteiger charge is -2.08. The number of rotatable bonds is 4. The Balaban J connectivity index is 1.95. The first-order valence-corrected chi connectivity index (χ1v) is 9.45. The van der Waals surface area contributed by atoms with Crippen LogP contribution in [0.5, 0.6) is 0 Å². The lowest BCUT2D eigenvalue weighted by molar-refractivity contribution is 0.0528. The van der Waals surface area contributed by atoms with E-state index < -0.39 is 0 Å². The predicted molar refractivity (Wildman–Crippen MR) is 109 cm³/mol. The zero-order valence-corrected chi connectivity index (χ0v) is 15.3. The minimum Gasteiger partial charge on any atom is -0.462 e. The first-order chi connectivity index (χ1) is 12.7. The molecule has 0 atom stereocenters. The molecule has 3 aromatic carbocycles. The molecule has 0 saturated carbocycles. The number of thiophene rings is 1. The smallest absolute Gasteiger partial charge is 0.339 e. The fraction of sp³-hybridized carbons (Fsp3) is 0.136. The molecule has 26 heavy (non-hydrogen) atoms. The number of nitrogens with two attached hydrogens (primary N) is 1. The number of carbonyl (C=O) groups is 1. The van der Waals surface area contributed by atoms with Crippen molar-refractivity contribution in [1.82, 2.24) is 0 Å². The van der Waals surface area contributed by atoms with Crippen LogP contribution in [0.1, 0.15) is 22.2 Å². The fourth-order valence-electron chi connectivity index (χ4n) is 3.36. The topological polar surface area (TPSA) is 52.3 Å². The molecule has 0 fully saturated rings. The average molecular weight is 361 g/mol. The van der Waals surface area contributed by atoms with Crippen LogP contribution in [0.15, 0.2) is 60.7 Å². The molecule has 2 N–H and O–H groups in total. The molecule has 1 aromatic heterocycles. The van der Waals surface area contributed by atoms with E-state index in [1.165, 1.54) is 10.8 Å². The van der Waals surface area contributed by atoms with E-state index in [0.717, 1.165) is 26.1 Å². The maximum absolute atomic E-state index is 12.5. The second kappa shape index (κ2) is 6.90. The van der Waals surface area contributed by atoms with Gasteiger partial charge >= 0.3 is 5.97 Å². The van der Waals surface area contributed by atoms with Crippen molar-refractivity contribution in [1.29, 1.82) is 0 Å². The summed E-state index contributed by atoms with van der Waals surface area (Å²) in [4.78, 5) is 13.4. The van der Waals surface area contributed by atoms with Crippen molar-refractivity contribution in [3.05, 3.63) is 71.1 Å². The van der Waals surface area contributed by atoms with Gasteiger partial charge in [-0.3, -0.25) is 0 Å². The molecule has 4 heteroatoms. The van der Waals surface area contributed by atoms with Crippen LogP contribution >= 0.6 is 11.3 Å². The molecule has 4 aromatic rings. The Morgan fingerprint density at radius 3 is 2.65 bits per heavy atom. The Kier molecular flexibility index (Phi) is 4.45. The molecule has 3 nitrogen and oxygen atoms in total. The molecular formula is C22H19NO2S. The molecule has 0 bridgehead atoms. The summed E-state index contributed by atoms with van der Waals surface area (Å²) in [5.41, 5.74) is 8.72. The van der Waals surface area contributed by atoms with Gasteiger partial charge in [0.1, 0.15) is 0 Å². The molecule has 0 aliphatic heterocycles. The van der Waals surface area contributed by atoms with Crippen LogP contribution in [0.2, 0.25) is 0 Å². The van der Waals surface area contributed by atoms with Gasteiger partial charge in [-0.25, -0.2) is 4.79 Å². The molecule has 0 amide bonds. The van der Waals surface area contributed by atoms with Gasteiger partial charge in [0, 0.05) is 21.5 Å². The largest absolute Gasteiger partial charge is 0.462 e. The molecule has 130 valence electrons. The van der Waals surface area contributed by atoms with Crippen molar-refractivity contribution in [2.45, 2.75) is 13.5 Å². The summed E-state index contributed by atoms with van der Waals surface area (Å²) in [5.74, 6) is -0.297. The van der Waals surface area contributed by atoms with Crippen molar-refractivity contribution < 1.29 is 9.53 Å². The summed E-state index contributed by atoms with van der Waals surface area (Å²) in [7, 11) is 0. The van der Waals surface area contributed by atoms with E-state index in [-0.39, 0.29) is 5.97 Å². The Bertz CT molecular complexity index is 1110. The third-order valence-corrected chi connectivity index (χ3v) is 5.72. The molecule has 0 spiro atoms. The average Bonchev–Trinajstić information content (AvgIpc) is 3.05. The minimum atomic E-state index is -0.297. The summed E-state index contributed by atoms with van der Waals surface area (Å²) in [5, 5.41) is 3.31. The quantitative estimate of drug-likeness (QED) is 0.498. The van der Waals surface area contributed by atoms with Crippen molar-refractivity contribution in [3.8, 4) is 11.1 Å². The molecule has 4 rings (SSSR count). The van der Waals surface area contributed by atoms with Crippen LogP contribution in [0.25, 0.3) is 32.0 Å². The summed E-state index contributed by atoms with van der Waals surface area (Å²) in [6.45, 7) is 2.50. The predicted octanol–water partition coefficient (Wildman–Crippen LogP) is 5.36. The first-order valence-electron chi connectivity index (χ1n) is 8.63. The van der Waals surface area contributed by atoms with Gasteiger partial charge in [-0.1, -0.05) is 48.5 Å². The molecule has 0 saturated heterocycles. The Morgan fingerprint density at radius 1 is 1.04 bits per heavy atom. The molecule has 0 aliphatic carbocycles. The van der Waals surface area contributed by atoms with E-state index in [2.05, 4.69) is 48.5 Å². The standard InChI is InChI=1S/C22H19NO2S/c1-2-25-22(24)21-18-12-15(10-11-19(18)26-20(21)13-23)17-9-5-7-14-6-3-4-8-16(14)17/h3-12H,2,13,23H2,1H3. The van der Waals surface area contributed by atoms with Crippen LogP contribution in [0.3, 0.4) is 0 Å². The first kappa shape index (κ1) is 16.8. The number of ether oxygens (including phenoxy) is 1. The Morgan fingerprint density at radius 2 is 1.85 bits per heavy atom. The fourth-order valence-corrected chi connectivity index (χ4v) is 4.41. The highest BCUT2D eigenvalue weighted by Crippen LogP contribution is 2.36. The third kappa shape index (κ3) is 2.77. The molecule has 1 heterocycles. The summed E-state index contributed by atoms with van der Waals surface area (Å²) < 4.78 is 6.32. The van der Waals surface area contributed by atoms with Gasteiger partial charge in [-0.15, -0.1) is 11.3 Å². The van der Waals surface area contributed by atoms with E-state index in [4.69, 9.17) is 10.5 Å². The van der Waals surface area contributed by atoms with E-state index in [9.17, 15) is 4.79 Å². The van der Waals surface area contributed by atoms with Crippen molar-refractivity contribution in [2.75, 3.05) is 6.61 Å². The maximum Gasteiger partial charge on any atom is 0.339 e. The van der Waals surface area contributed by atoms with E-state index in [1.807, 2.05) is 19.1 Å². The number of benzene rings is 3. The highest BCUT2D eigenvalue weighted by Gasteiger charge is 2.20. The Labute approximate surface area is 156 Å². The number of hydrogen-bond donors (Lipinski definition) is 1. The second-order valence-electron chi connectivity index (χ2n) is 6.06. The SMILES string of the molecule is CCOC(=O)c1c(CN)sc2ccc(-c3cccc4ccccc34)cc12. The monoisotopic (exact) mass is 361 g/mol. The number of fused-ring (bicyclic) bond motifs is 2. The maximum atomic E-state index is 12.5. The van der Waals surface area contributed by atoms with Gasteiger partial charge < -0.3 is 10.5 Å². The van der Waals surface area contributed by atoms with Crippen molar-refractivity contribution in [2.24, 2.45) is 5.73 Å². The molecular weight excluding hydrogens is 342 g/mol. The second-order valence-corrected chi connectivity index (χ2v) is 7.20. The van der Waals surface area contributed by atoms with Gasteiger partial charge in [-0.2, -0.15) is 0 Å². The summed E-state index contributed by atoms with van der Waals surface area (Å²) >= 11 is 1.56. The van der Waals surface area contributed by atoms with Crippen LogP contribution in [-0.4, -0.2) is 12.6 Å².